The number of primary amides is 1. The van der Waals surface area contributed by atoms with Gasteiger partial charge in [0, 0.05) is 23.8 Å². The van der Waals surface area contributed by atoms with E-state index >= 15 is 0 Å². The van der Waals surface area contributed by atoms with Crippen molar-refractivity contribution in [2.45, 2.75) is 6.61 Å². The van der Waals surface area contributed by atoms with Crippen molar-refractivity contribution in [3.63, 3.8) is 0 Å². The lowest BCUT2D eigenvalue weighted by atomic mass is 10.1. The Morgan fingerprint density at radius 1 is 1.06 bits per heavy atom. The Labute approximate surface area is 193 Å². The SMILES string of the molecule is COc1ccc2c(OCc3nnc4ccc(-c5ccc(C(N)=O)c(Cl)c5)cn34)ccnc2c1. The predicted molar refractivity (Wildman–Crippen MR) is 125 cm³/mol. The van der Waals surface area contributed by atoms with Crippen LogP contribution in [-0.2, 0) is 6.61 Å². The van der Waals surface area contributed by atoms with E-state index in [-0.39, 0.29) is 12.2 Å². The van der Waals surface area contributed by atoms with Crippen LogP contribution in [0.4, 0.5) is 0 Å². The molecule has 0 bridgehead atoms. The third-order valence-electron chi connectivity index (χ3n) is 5.31. The maximum atomic E-state index is 11.5. The number of carbonyl (C=O) groups excluding carboxylic acids is 1. The van der Waals surface area contributed by atoms with Crippen LogP contribution in [0, 0.1) is 0 Å². The number of hydrogen-bond donors (Lipinski definition) is 1. The van der Waals surface area contributed by atoms with E-state index in [9.17, 15) is 4.79 Å². The van der Waals surface area contributed by atoms with E-state index in [1.54, 1.807) is 31.5 Å². The molecule has 5 rings (SSSR count). The molecule has 3 aromatic heterocycles. The largest absolute Gasteiger partial charge is 0.497 e. The fourth-order valence-electron chi connectivity index (χ4n) is 3.60. The van der Waals surface area contributed by atoms with E-state index in [0.717, 1.165) is 27.8 Å². The topological polar surface area (TPSA) is 105 Å². The molecule has 0 aliphatic carbocycles. The van der Waals surface area contributed by atoms with Crippen LogP contribution >= 0.6 is 11.6 Å². The summed E-state index contributed by atoms with van der Waals surface area (Å²) in [6.45, 7) is 0.205. The Morgan fingerprint density at radius 3 is 2.70 bits per heavy atom. The number of halogens is 1. The van der Waals surface area contributed by atoms with Crippen LogP contribution in [0.5, 0.6) is 11.5 Å². The Morgan fingerprint density at radius 2 is 1.91 bits per heavy atom. The van der Waals surface area contributed by atoms with Gasteiger partial charge in [-0.15, -0.1) is 10.2 Å². The van der Waals surface area contributed by atoms with E-state index < -0.39 is 5.91 Å². The number of rotatable bonds is 6. The maximum absolute atomic E-state index is 11.5. The van der Waals surface area contributed by atoms with Crippen molar-refractivity contribution in [3.8, 4) is 22.6 Å². The lowest BCUT2D eigenvalue weighted by Gasteiger charge is -2.10. The molecule has 0 unspecified atom stereocenters. The number of methoxy groups -OCH3 is 1. The van der Waals surface area contributed by atoms with Crippen molar-refractivity contribution in [1.82, 2.24) is 19.6 Å². The van der Waals surface area contributed by atoms with Gasteiger partial charge in [-0.05, 0) is 53.6 Å². The average Bonchev–Trinajstić information content (AvgIpc) is 3.24. The van der Waals surface area contributed by atoms with Gasteiger partial charge in [-0.1, -0.05) is 17.7 Å². The second kappa shape index (κ2) is 8.40. The number of hydrogen-bond acceptors (Lipinski definition) is 6. The molecule has 0 saturated carbocycles. The molecule has 33 heavy (non-hydrogen) atoms. The molecular formula is C24H18ClN5O3. The molecule has 2 N–H and O–H groups in total. The summed E-state index contributed by atoms with van der Waals surface area (Å²) in [5.41, 5.74) is 8.79. The van der Waals surface area contributed by atoms with Crippen LogP contribution in [-0.4, -0.2) is 32.6 Å². The number of pyridine rings is 2. The van der Waals surface area contributed by atoms with Gasteiger partial charge in [-0.2, -0.15) is 0 Å². The zero-order valence-electron chi connectivity index (χ0n) is 17.5. The number of benzene rings is 2. The molecule has 0 aliphatic heterocycles. The standard InChI is InChI=1S/C24H18ClN5O3/c1-32-16-4-6-18-20(11-16)27-9-8-21(18)33-13-23-29-28-22-7-3-15(12-30(22)23)14-2-5-17(24(26)31)19(25)10-14/h2-12H,13H2,1H3,(H2,26,31). The fourth-order valence-corrected chi connectivity index (χ4v) is 3.87. The Hall–Kier alpha value is -4.17. The lowest BCUT2D eigenvalue weighted by molar-refractivity contribution is 0.100. The summed E-state index contributed by atoms with van der Waals surface area (Å²) < 4.78 is 13.2. The highest BCUT2D eigenvalue weighted by atomic mass is 35.5. The van der Waals surface area contributed by atoms with Crippen molar-refractivity contribution < 1.29 is 14.3 Å². The van der Waals surface area contributed by atoms with Gasteiger partial charge in [-0.3, -0.25) is 14.2 Å². The number of nitrogens with two attached hydrogens (primary N) is 1. The van der Waals surface area contributed by atoms with Gasteiger partial charge in [0.05, 0.1) is 23.2 Å². The highest BCUT2D eigenvalue weighted by Gasteiger charge is 2.12. The normalized spacial score (nSPS) is 11.1. The summed E-state index contributed by atoms with van der Waals surface area (Å²) in [5.74, 6) is 1.48. The van der Waals surface area contributed by atoms with Crippen LogP contribution in [0.2, 0.25) is 5.02 Å². The highest BCUT2D eigenvalue weighted by Crippen LogP contribution is 2.29. The van der Waals surface area contributed by atoms with Gasteiger partial charge in [0.2, 0.25) is 5.91 Å². The summed E-state index contributed by atoms with van der Waals surface area (Å²) in [4.78, 5) is 15.8. The first kappa shape index (κ1) is 20.7. The van der Waals surface area contributed by atoms with Crippen molar-refractivity contribution in [1.29, 1.82) is 0 Å². The van der Waals surface area contributed by atoms with Crippen LogP contribution in [0.25, 0.3) is 27.7 Å². The first-order chi connectivity index (χ1) is 16.0. The van der Waals surface area contributed by atoms with E-state index in [1.165, 1.54) is 0 Å². The van der Waals surface area contributed by atoms with Crippen LogP contribution in [0.15, 0.2) is 67.0 Å². The number of ether oxygens (including phenoxy) is 2. The van der Waals surface area contributed by atoms with Crippen molar-refractivity contribution in [2.75, 3.05) is 7.11 Å². The van der Waals surface area contributed by atoms with Gasteiger partial charge >= 0.3 is 0 Å². The molecule has 0 saturated heterocycles. The summed E-state index contributed by atoms with van der Waals surface area (Å²) in [6, 6.07) is 16.3. The number of fused-ring (bicyclic) bond motifs is 2. The number of nitrogens with zero attached hydrogens (tertiary/aromatic N) is 4. The molecule has 0 fully saturated rings. The fraction of sp³-hybridized carbons (Fsp3) is 0.0833. The second-order valence-corrected chi connectivity index (χ2v) is 7.71. The number of amides is 1. The van der Waals surface area contributed by atoms with Crippen LogP contribution in [0.1, 0.15) is 16.2 Å². The summed E-state index contributed by atoms with van der Waals surface area (Å²) in [7, 11) is 1.62. The van der Waals surface area contributed by atoms with Gasteiger partial charge in [0.25, 0.3) is 0 Å². The molecule has 0 aliphatic rings. The average molecular weight is 460 g/mol. The molecule has 2 aromatic carbocycles. The van der Waals surface area contributed by atoms with E-state index in [0.29, 0.717) is 22.2 Å². The van der Waals surface area contributed by atoms with Gasteiger partial charge in [-0.25, -0.2) is 0 Å². The molecule has 9 heteroatoms. The zero-order valence-corrected chi connectivity index (χ0v) is 18.3. The summed E-state index contributed by atoms with van der Waals surface area (Å²) >= 11 is 6.22. The summed E-state index contributed by atoms with van der Waals surface area (Å²) in [5, 5.41) is 9.67. The number of carbonyl (C=O) groups is 1. The molecular weight excluding hydrogens is 442 g/mol. The molecule has 0 spiro atoms. The van der Waals surface area contributed by atoms with E-state index in [1.807, 2.05) is 47.0 Å². The first-order valence-corrected chi connectivity index (χ1v) is 10.4. The number of aromatic nitrogens is 4. The third-order valence-corrected chi connectivity index (χ3v) is 5.62. The minimum Gasteiger partial charge on any atom is -0.497 e. The highest BCUT2D eigenvalue weighted by molar-refractivity contribution is 6.34. The first-order valence-electron chi connectivity index (χ1n) is 10.0. The molecule has 8 nitrogen and oxygen atoms in total. The molecule has 0 atom stereocenters. The lowest BCUT2D eigenvalue weighted by Crippen LogP contribution is -2.11. The Balaban J connectivity index is 1.45. The van der Waals surface area contributed by atoms with E-state index in [4.69, 9.17) is 26.8 Å². The monoisotopic (exact) mass is 459 g/mol. The summed E-state index contributed by atoms with van der Waals surface area (Å²) in [6.07, 6.45) is 3.59. The minimum atomic E-state index is -0.567. The van der Waals surface area contributed by atoms with E-state index in [2.05, 4.69) is 15.2 Å². The van der Waals surface area contributed by atoms with Crippen molar-refractivity contribution >= 4 is 34.1 Å². The Bertz CT molecular complexity index is 1520. The van der Waals surface area contributed by atoms with Crippen LogP contribution in [0.3, 0.4) is 0 Å². The molecule has 1 amide bonds. The minimum absolute atomic E-state index is 0.205. The smallest absolute Gasteiger partial charge is 0.250 e. The third kappa shape index (κ3) is 3.92. The van der Waals surface area contributed by atoms with Gasteiger partial charge in [0.1, 0.15) is 18.1 Å². The predicted octanol–water partition coefficient (Wildman–Crippen LogP) is 4.28. The molecule has 0 radical (unpaired) electrons. The van der Waals surface area contributed by atoms with Gasteiger partial charge < -0.3 is 15.2 Å². The second-order valence-electron chi connectivity index (χ2n) is 7.30. The zero-order chi connectivity index (χ0) is 22.9. The molecule has 164 valence electrons. The maximum Gasteiger partial charge on any atom is 0.250 e. The van der Waals surface area contributed by atoms with Crippen molar-refractivity contribution in [3.05, 3.63) is 83.4 Å². The molecule has 5 aromatic rings. The molecule has 3 heterocycles. The quantitative estimate of drug-likeness (QED) is 0.406. The Kier molecular flexibility index (Phi) is 5.27. The van der Waals surface area contributed by atoms with Crippen LogP contribution < -0.4 is 15.2 Å². The van der Waals surface area contributed by atoms with Crippen molar-refractivity contribution in [2.24, 2.45) is 5.73 Å². The van der Waals surface area contributed by atoms with Gasteiger partial charge in [0.15, 0.2) is 11.5 Å².